The molecule has 0 spiro atoms. The van der Waals surface area contributed by atoms with Crippen molar-refractivity contribution >= 4 is 51.8 Å². The lowest BCUT2D eigenvalue weighted by atomic mass is 10.1. The van der Waals surface area contributed by atoms with Crippen molar-refractivity contribution in [2.45, 2.75) is 12.5 Å². The first-order valence-electron chi connectivity index (χ1n) is 6.67. The number of allylic oxidation sites excluding steroid dienone is 1. The maximum absolute atomic E-state index is 5.96. The van der Waals surface area contributed by atoms with Gasteiger partial charge in [0.2, 0.25) is 0 Å². The monoisotopic (exact) mass is 339 g/mol. The number of H-pyrrole nitrogens is 1. The van der Waals surface area contributed by atoms with Crippen LogP contribution in [0.2, 0.25) is 0 Å². The summed E-state index contributed by atoms with van der Waals surface area (Å²) in [6.45, 7) is 0.945. The van der Waals surface area contributed by atoms with E-state index in [2.05, 4.69) is 45.8 Å². The van der Waals surface area contributed by atoms with E-state index in [1.54, 1.807) is 11.8 Å². The molecule has 1 aromatic carbocycles. The van der Waals surface area contributed by atoms with Crippen molar-refractivity contribution in [2.75, 3.05) is 12.4 Å². The van der Waals surface area contributed by atoms with E-state index in [9.17, 15) is 0 Å². The highest BCUT2D eigenvalue weighted by Crippen LogP contribution is 2.33. The van der Waals surface area contributed by atoms with Crippen LogP contribution in [0, 0.1) is 0 Å². The smallest absolute Gasteiger partial charge is 0.168 e. The van der Waals surface area contributed by atoms with Crippen LogP contribution in [-0.4, -0.2) is 33.5 Å². The molecule has 1 atom stereocenters. The van der Waals surface area contributed by atoms with Crippen molar-refractivity contribution in [1.82, 2.24) is 9.88 Å². The van der Waals surface area contributed by atoms with E-state index in [0.717, 1.165) is 18.1 Å². The SMILES string of the molecule is Cl.ClCC1=CSC2=NC(Cc3c[nH]c4ccccc34)CN12. The molecule has 4 rings (SSSR count). The molecule has 0 bridgehead atoms. The van der Waals surface area contributed by atoms with Gasteiger partial charge in [-0.15, -0.1) is 24.0 Å². The lowest BCUT2D eigenvalue weighted by Gasteiger charge is -2.16. The topological polar surface area (TPSA) is 31.4 Å². The van der Waals surface area contributed by atoms with Gasteiger partial charge in [0.1, 0.15) is 0 Å². The van der Waals surface area contributed by atoms with Crippen LogP contribution in [0.1, 0.15) is 5.56 Å². The Hall–Kier alpha value is -1.10. The van der Waals surface area contributed by atoms with Gasteiger partial charge in [-0.25, -0.2) is 0 Å². The zero-order valence-electron chi connectivity index (χ0n) is 11.3. The van der Waals surface area contributed by atoms with E-state index in [1.807, 2.05) is 0 Å². The van der Waals surface area contributed by atoms with Gasteiger partial charge in [0.25, 0.3) is 0 Å². The predicted octanol–water partition coefficient (Wildman–Crippen LogP) is 4.00. The number of para-hydroxylation sites is 1. The number of alkyl halides is 1. The third-order valence-corrected chi connectivity index (χ3v) is 5.03. The molecule has 6 heteroatoms. The number of benzene rings is 1. The minimum absolute atomic E-state index is 0. The Bertz CT molecular complexity index is 723. The molecule has 3 heterocycles. The Morgan fingerprint density at radius 2 is 2.24 bits per heavy atom. The Labute approximate surface area is 138 Å². The molecule has 0 radical (unpaired) electrons. The van der Waals surface area contributed by atoms with Gasteiger partial charge in [0, 0.05) is 29.3 Å². The van der Waals surface area contributed by atoms with Gasteiger partial charge in [-0.2, -0.15) is 0 Å². The first kappa shape index (κ1) is 14.8. The van der Waals surface area contributed by atoms with Crippen molar-refractivity contribution in [3.8, 4) is 0 Å². The number of aromatic nitrogens is 1. The second kappa shape index (κ2) is 5.95. The Kier molecular flexibility index (Phi) is 4.20. The van der Waals surface area contributed by atoms with Crippen molar-refractivity contribution in [3.63, 3.8) is 0 Å². The second-order valence-electron chi connectivity index (χ2n) is 5.10. The number of hydrogen-bond donors (Lipinski definition) is 1. The molecule has 1 unspecified atom stereocenters. The molecule has 1 aromatic heterocycles. The van der Waals surface area contributed by atoms with Gasteiger partial charge in [0.15, 0.2) is 5.17 Å². The van der Waals surface area contributed by atoms with E-state index < -0.39 is 0 Å². The van der Waals surface area contributed by atoms with Gasteiger partial charge >= 0.3 is 0 Å². The molecule has 3 nitrogen and oxygen atoms in total. The highest BCUT2D eigenvalue weighted by Gasteiger charge is 2.31. The maximum atomic E-state index is 5.96. The van der Waals surface area contributed by atoms with Crippen LogP contribution < -0.4 is 0 Å². The number of aromatic amines is 1. The number of amidine groups is 1. The van der Waals surface area contributed by atoms with Crippen LogP contribution in [0.5, 0.6) is 0 Å². The summed E-state index contributed by atoms with van der Waals surface area (Å²) in [5.41, 5.74) is 3.72. The summed E-state index contributed by atoms with van der Waals surface area (Å²) in [4.78, 5) is 10.4. The van der Waals surface area contributed by atoms with E-state index >= 15 is 0 Å². The van der Waals surface area contributed by atoms with E-state index in [4.69, 9.17) is 16.6 Å². The fourth-order valence-electron chi connectivity index (χ4n) is 2.84. The van der Waals surface area contributed by atoms with Gasteiger partial charge in [-0.05, 0) is 23.5 Å². The molecule has 110 valence electrons. The zero-order valence-corrected chi connectivity index (χ0v) is 13.6. The van der Waals surface area contributed by atoms with Crippen LogP contribution >= 0.6 is 35.8 Å². The summed E-state index contributed by atoms with van der Waals surface area (Å²) in [6.07, 6.45) is 3.08. The molecule has 0 amide bonds. The number of nitrogens with one attached hydrogen (secondary N) is 1. The number of thioether (sulfide) groups is 1. The van der Waals surface area contributed by atoms with E-state index in [-0.39, 0.29) is 12.4 Å². The summed E-state index contributed by atoms with van der Waals surface area (Å²) in [5.74, 6) is 0.561. The fourth-order valence-corrected chi connectivity index (χ4v) is 4.14. The summed E-state index contributed by atoms with van der Waals surface area (Å²) in [6, 6.07) is 8.75. The number of halogens is 2. The molecule has 2 aliphatic heterocycles. The average molecular weight is 340 g/mol. The molecular weight excluding hydrogens is 325 g/mol. The third kappa shape index (κ3) is 2.56. The average Bonchev–Trinajstić information content (AvgIpc) is 3.14. The summed E-state index contributed by atoms with van der Waals surface area (Å²) < 4.78 is 0. The molecule has 2 aliphatic rings. The summed E-state index contributed by atoms with van der Waals surface area (Å²) in [7, 11) is 0. The van der Waals surface area contributed by atoms with E-state index in [0.29, 0.717) is 11.9 Å². The van der Waals surface area contributed by atoms with Crippen molar-refractivity contribution in [2.24, 2.45) is 4.99 Å². The van der Waals surface area contributed by atoms with Gasteiger partial charge in [0.05, 0.1) is 11.9 Å². The van der Waals surface area contributed by atoms with Crippen LogP contribution in [0.15, 0.2) is 46.6 Å². The van der Waals surface area contributed by atoms with Crippen LogP contribution in [-0.2, 0) is 6.42 Å². The standard InChI is InChI=1S/C15H14ClN3S.ClH/c16-6-12-9-20-15-18-11(8-19(12)15)5-10-7-17-14-4-2-1-3-13(10)14;/h1-4,7,9,11,17H,5-6,8H2;1H. The second-order valence-corrected chi connectivity index (χ2v) is 6.20. The lowest BCUT2D eigenvalue weighted by molar-refractivity contribution is 0.512. The highest BCUT2D eigenvalue weighted by molar-refractivity contribution is 8.16. The number of fused-ring (bicyclic) bond motifs is 2. The molecule has 1 N–H and O–H groups in total. The lowest BCUT2D eigenvalue weighted by Crippen LogP contribution is -2.25. The van der Waals surface area contributed by atoms with Gasteiger partial charge in [-0.3, -0.25) is 4.99 Å². The normalized spacial score (nSPS) is 20.2. The predicted molar refractivity (Wildman–Crippen MR) is 93.6 cm³/mol. The summed E-state index contributed by atoms with van der Waals surface area (Å²) in [5, 5.41) is 4.51. The Morgan fingerprint density at radius 1 is 1.38 bits per heavy atom. The fraction of sp³-hybridized carbons (Fsp3) is 0.267. The van der Waals surface area contributed by atoms with Crippen LogP contribution in [0.25, 0.3) is 10.9 Å². The number of rotatable bonds is 3. The van der Waals surface area contributed by atoms with Crippen LogP contribution in [0.3, 0.4) is 0 Å². The first-order valence-corrected chi connectivity index (χ1v) is 8.08. The maximum Gasteiger partial charge on any atom is 0.168 e. The molecular formula is C15H15Cl2N3S. The number of aliphatic imine (C=N–C) groups is 1. The summed E-state index contributed by atoms with van der Waals surface area (Å²) >= 11 is 7.65. The minimum atomic E-state index is 0. The highest BCUT2D eigenvalue weighted by atomic mass is 35.5. The minimum Gasteiger partial charge on any atom is -0.361 e. The largest absolute Gasteiger partial charge is 0.361 e. The van der Waals surface area contributed by atoms with Gasteiger partial charge in [-0.1, -0.05) is 30.0 Å². The quantitative estimate of drug-likeness (QED) is 0.857. The van der Waals surface area contributed by atoms with Crippen molar-refractivity contribution in [1.29, 1.82) is 0 Å². The number of hydrogen-bond acceptors (Lipinski definition) is 3. The molecule has 0 saturated carbocycles. The van der Waals surface area contributed by atoms with Crippen molar-refractivity contribution < 1.29 is 0 Å². The molecule has 21 heavy (non-hydrogen) atoms. The molecule has 0 aliphatic carbocycles. The molecule has 0 saturated heterocycles. The number of nitrogens with zero attached hydrogens (tertiary/aromatic N) is 2. The van der Waals surface area contributed by atoms with E-state index in [1.165, 1.54) is 22.2 Å². The molecule has 2 aromatic rings. The first-order chi connectivity index (χ1) is 9.85. The Balaban J connectivity index is 0.00000132. The molecule has 0 fully saturated rings. The third-order valence-electron chi connectivity index (χ3n) is 3.83. The van der Waals surface area contributed by atoms with Crippen LogP contribution in [0.4, 0.5) is 0 Å². The zero-order chi connectivity index (χ0) is 13.5. The Morgan fingerprint density at radius 3 is 3.10 bits per heavy atom. The van der Waals surface area contributed by atoms with Gasteiger partial charge < -0.3 is 9.88 Å². The van der Waals surface area contributed by atoms with Crippen molar-refractivity contribution in [3.05, 3.63) is 47.1 Å².